The van der Waals surface area contributed by atoms with Gasteiger partial charge in [-0.25, -0.2) is 4.98 Å². The quantitative estimate of drug-likeness (QED) is 0.900. The van der Waals surface area contributed by atoms with Crippen LogP contribution in [0.25, 0.3) is 10.2 Å². The normalized spacial score (nSPS) is 17.9. The Labute approximate surface area is 105 Å². The second-order valence-electron chi connectivity index (χ2n) is 5.41. The lowest BCUT2D eigenvalue weighted by molar-refractivity contribution is 0.151. The summed E-state index contributed by atoms with van der Waals surface area (Å²) in [5, 5.41) is 11.1. The number of aliphatic hydroxyl groups is 1. The lowest BCUT2D eigenvalue weighted by atomic mass is 10.1. The molecule has 0 aliphatic heterocycles. The van der Waals surface area contributed by atoms with Gasteiger partial charge in [0, 0.05) is 12.3 Å². The number of benzene rings is 1. The summed E-state index contributed by atoms with van der Waals surface area (Å²) in [5.74, 6) is 0.489. The Balaban J connectivity index is 1.94. The van der Waals surface area contributed by atoms with Crippen LogP contribution in [0, 0.1) is 0 Å². The standard InChI is InChI=1S/C14H17NOS/c1-9(2)13-15-11-7-10(3-4-12(11)17-13)8-14(16)5-6-14/h3-4,7,9,16H,5-6,8H2,1-2H3. The third kappa shape index (κ3) is 2.22. The Morgan fingerprint density at radius 1 is 1.41 bits per heavy atom. The van der Waals surface area contributed by atoms with E-state index in [1.165, 1.54) is 15.3 Å². The number of nitrogens with zero attached hydrogens (tertiary/aromatic N) is 1. The molecule has 1 aliphatic rings. The lowest BCUT2D eigenvalue weighted by Crippen LogP contribution is -2.10. The van der Waals surface area contributed by atoms with E-state index in [1.54, 1.807) is 11.3 Å². The molecule has 1 aromatic carbocycles. The van der Waals surface area contributed by atoms with Crippen molar-refractivity contribution in [1.29, 1.82) is 0 Å². The van der Waals surface area contributed by atoms with Crippen LogP contribution >= 0.6 is 11.3 Å². The van der Waals surface area contributed by atoms with Crippen molar-refractivity contribution < 1.29 is 5.11 Å². The maximum Gasteiger partial charge on any atom is 0.0963 e. The highest BCUT2D eigenvalue weighted by molar-refractivity contribution is 7.18. The minimum Gasteiger partial charge on any atom is -0.390 e. The number of thiazole rings is 1. The zero-order valence-electron chi connectivity index (χ0n) is 10.2. The Morgan fingerprint density at radius 2 is 2.18 bits per heavy atom. The summed E-state index contributed by atoms with van der Waals surface area (Å²) < 4.78 is 1.25. The molecule has 0 radical (unpaired) electrons. The van der Waals surface area contributed by atoms with Gasteiger partial charge in [-0.1, -0.05) is 19.9 Å². The number of rotatable bonds is 3. The number of aromatic nitrogens is 1. The molecule has 1 aromatic heterocycles. The summed E-state index contributed by atoms with van der Waals surface area (Å²) in [6, 6.07) is 6.40. The van der Waals surface area contributed by atoms with Gasteiger partial charge in [-0.2, -0.15) is 0 Å². The third-order valence-electron chi connectivity index (χ3n) is 3.32. The van der Waals surface area contributed by atoms with E-state index in [4.69, 9.17) is 0 Å². The summed E-state index contributed by atoms with van der Waals surface area (Å²) in [4.78, 5) is 4.66. The predicted octanol–water partition coefficient (Wildman–Crippen LogP) is 3.49. The molecule has 3 rings (SSSR count). The molecule has 0 spiro atoms. The third-order valence-corrected chi connectivity index (χ3v) is 4.66. The van der Waals surface area contributed by atoms with Crippen LogP contribution in [0.15, 0.2) is 18.2 Å². The van der Waals surface area contributed by atoms with Gasteiger partial charge in [0.1, 0.15) is 0 Å². The molecule has 3 heteroatoms. The molecular formula is C14H17NOS. The molecule has 1 heterocycles. The molecule has 0 unspecified atom stereocenters. The van der Waals surface area contributed by atoms with Crippen LogP contribution in [-0.2, 0) is 6.42 Å². The van der Waals surface area contributed by atoms with E-state index in [1.807, 2.05) is 0 Å². The first kappa shape index (κ1) is 11.2. The molecular weight excluding hydrogens is 230 g/mol. The van der Waals surface area contributed by atoms with Crippen LogP contribution in [0.5, 0.6) is 0 Å². The van der Waals surface area contributed by atoms with Gasteiger partial charge in [0.05, 0.1) is 20.8 Å². The number of hydrogen-bond donors (Lipinski definition) is 1. The van der Waals surface area contributed by atoms with Gasteiger partial charge >= 0.3 is 0 Å². The smallest absolute Gasteiger partial charge is 0.0963 e. The van der Waals surface area contributed by atoms with E-state index in [0.29, 0.717) is 5.92 Å². The van der Waals surface area contributed by atoms with Crippen molar-refractivity contribution in [3.8, 4) is 0 Å². The van der Waals surface area contributed by atoms with Gasteiger partial charge < -0.3 is 5.11 Å². The van der Waals surface area contributed by atoms with Crippen LogP contribution in [0.3, 0.4) is 0 Å². The maximum atomic E-state index is 9.93. The molecule has 2 nitrogen and oxygen atoms in total. The van der Waals surface area contributed by atoms with Crippen LogP contribution in [-0.4, -0.2) is 15.7 Å². The fourth-order valence-corrected chi connectivity index (χ4v) is 3.00. The molecule has 90 valence electrons. The van der Waals surface area contributed by atoms with Crippen molar-refractivity contribution in [1.82, 2.24) is 4.98 Å². The monoisotopic (exact) mass is 247 g/mol. The largest absolute Gasteiger partial charge is 0.390 e. The molecule has 1 saturated carbocycles. The maximum absolute atomic E-state index is 9.93. The van der Waals surface area contributed by atoms with Crippen molar-refractivity contribution in [3.63, 3.8) is 0 Å². The van der Waals surface area contributed by atoms with E-state index in [0.717, 1.165) is 24.8 Å². The topological polar surface area (TPSA) is 33.1 Å². The van der Waals surface area contributed by atoms with Crippen molar-refractivity contribution in [2.45, 2.75) is 44.6 Å². The first-order valence-corrected chi connectivity index (χ1v) is 6.99. The molecule has 0 saturated heterocycles. The highest BCUT2D eigenvalue weighted by atomic mass is 32.1. The fraction of sp³-hybridized carbons (Fsp3) is 0.500. The SMILES string of the molecule is CC(C)c1nc2cc(CC3(O)CC3)ccc2s1. The zero-order chi connectivity index (χ0) is 12.0. The van der Waals surface area contributed by atoms with E-state index < -0.39 is 5.60 Å². The van der Waals surface area contributed by atoms with E-state index in [-0.39, 0.29) is 0 Å². The van der Waals surface area contributed by atoms with Crippen LogP contribution in [0.2, 0.25) is 0 Å². The van der Waals surface area contributed by atoms with Crippen LogP contribution in [0.1, 0.15) is 43.2 Å². The number of fused-ring (bicyclic) bond motifs is 1. The molecule has 2 aromatic rings. The van der Waals surface area contributed by atoms with Gasteiger partial charge in [-0.3, -0.25) is 0 Å². The zero-order valence-corrected chi connectivity index (χ0v) is 11.0. The second kappa shape index (κ2) is 3.79. The summed E-state index contributed by atoms with van der Waals surface area (Å²) >= 11 is 1.77. The van der Waals surface area contributed by atoms with Gasteiger partial charge in [0.25, 0.3) is 0 Å². The summed E-state index contributed by atoms with van der Waals surface area (Å²) in [6.07, 6.45) is 2.66. The lowest BCUT2D eigenvalue weighted by Gasteiger charge is -2.06. The van der Waals surface area contributed by atoms with Crippen LogP contribution in [0.4, 0.5) is 0 Å². The average Bonchev–Trinajstić information content (AvgIpc) is 2.84. The molecule has 17 heavy (non-hydrogen) atoms. The van der Waals surface area contributed by atoms with Crippen LogP contribution < -0.4 is 0 Å². The Bertz CT molecular complexity index is 554. The molecule has 0 atom stereocenters. The minimum absolute atomic E-state index is 0.412. The van der Waals surface area contributed by atoms with Gasteiger partial charge in [0.15, 0.2) is 0 Å². The summed E-state index contributed by atoms with van der Waals surface area (Å²) in [5.41, 5.74) is 1.88. The summed E-state index contributed by atoms with van der Waals surface area (Å²) in [6.45, 7) is 4.34. The first-order chi connectivity index (χ1) is 8.06. The second-order valence-corrected chi connectivity index (χ2v) is 6.47. The minimum atomic E-state index is -0.412. The van der Waals surface area contributed by atoms with E-state index in [9.17, 15) is 5.11 Å². The molecule has 1 fully saturated rings. The van der Waals surface area contributed by atoms with Gasteiger partial charge in [-0.05, 0) is 30.5 Å². The average molecular weight is 247 g/mol. The van der Waals surface area contributed by atoms with Crippen molar-refractivity contribution >= 4 is 21.6 Å². The Kier molecular flexibility index (Phi) is 2.49. The van der Waals surface area contributed by atoms with Gasteiger partial charge in [0.2, 0.25) is 0 Å². The molecule has 1 aliphatic carbocycles. The van der Waals surface area contributed by atoms with Gasteiger partial charge in [-0.15, -0.1) is 11.3 Å². The predicted molar refractivity (Wildman–Crippen MR) is 71.6 cm³/mol. The van der Waals surface area contributed by atoms with E-state index >= 15 is 0 Å². The molecule has 0 bridgehead atoms. The van der Waals surface area contributed by atoms with Crippen molar-refractivity contribution in [3.05, 3.63) is 28.8 Å². The highest BCUT2D eigenvalue weighted by Crippen LogP contribution is 2.39. The fourth-order valence-electron chi connectivity index (χ4n) is 2.05. The summed E-state index contributed by atoms with van der Waals surface area (Å²) in [7, 11) is 0. The van der Waals surface area contributed by atoms with Crippen molar-refractivity contribution in [2.24, 2.45) is 0 Å². The molecule has 0 amide bonds. The first-order valence-electron chi connectivity index (χ1n) is 6.17. The van der Waals surface area contributed by atoms with Crippen molar-refractivity contribution in [2.75, 3.05) is 0 Å². The Morgan fingerprint density at radius 3 is 2.82 bits per heavy atom. The Hall–Kier alpha value is -0.930. The highest BCUT2D eigenvalue weighted by Gasteiger charge is 2.40. The molecule has 1 N–H and O–H groups in total. The number of hydrogen-bond acceptors (Lipinski definition) is 3. The van der Waals surface area contributed by atoms with E-state index in [2.05, 4.69) is 37.0 Å².